The normalized spacial score (nSPS) is 22.6. The Morgan fingerprint density at radius 1 is 1.48 bits per heavy atom. The zero-order chi connectivity index (χ0) is 15.2. The first kappa shape index (κ1) is 16.4. The van der Waals surface area contributed by atoms with Crippen LogP contribution in [0.2, 0.25) is 0 Å². The van der Waals surface area contributed by atoms with E-state index >= 15 is 0 Å². The van der Waals surface area contributed by atoms with Crippen LogP contribution in [0.5, 0.6) is 0 Å². The summed E-state index contributed by atoms with van der Waals surface area (Å²) in [6, 6.07) is 0.421. The minimum Gasteiger partial charge on any atom is -0.392 e. The predicted octanol–water partition coefficient (Wildman–Crippen LogP) is 0.145. The number of piperazine rings is 1. The quantitative estimate of drug-likeness (QED) is 0.767. The molecule has 1 N–H and O–H groups in total. The maximum Gasteiger partial charge on any atom is 0.240 e. The van der Waals surface area contributed by atoms with Gasteiger partial charge in [0.2, 0.25) is 5.89 Å². The molecule has 0 unspecified atom stereocenters. The van der Waals surface area contributed by atoms with Gasteiger partial charge in [-0.2, -0.15) is 4.98 Å². The fourth-order valence-electron chi connectivity index (χ4n) is 2.67. The number of β-amino-alcohol motifs (C(OH)–C–C–N with tert-alkyl or cyclic N) is 1. The first-order valence-corrected chi connectivity index (χ1v) is 7.53. The third-order valence-electron chi connectivity index (χ3n) is 3.75. The van der Waals surface area contributed by atoms with Crippen molar-refractivity contribution in [2.45, 2.75) is 39.0 Å². The van der Waals surface area contributed by atoms with Crippen LogP contribution in [0.15, 0.2) is 4.52 Å². The summed E-state index contributed by atoms with van der Waals surface area (Å²) in [7, 11) is 1.66. The fraction of sp³-hybridized carbons (Fsp3) is 0.857. The molecule has 1 fully saturated rings. The largest absolute Gasteiger partial charge is 0.392 e. The van der Waals surface area contributed by atoms with Gasteiger partial charge in [-0.1, -0.05) is 5.16 Å². The Hall–Kier alpha value is -1.02. The van der Waals surface area contributed by atoms with Crippen LogP contribution in [0.1, 0.15) is 25.6 Å². The molecule has 1 aliphatic rings. The molecule has 0 saturated carbocycles. The van der Waals surface area contributed by atoms with E-state index < -0.39 is 0 Å². The predicted molar refractivity (Wildman–Crippen MR) is 77.9 cm³/mol. The van der Waals surface area contributed by atoms with Gasteiger partial charge in [0, 0.05) is 45.8 Å². The molecule has 1 aliphatic heterocycles. The Labute approximate surface area is 125 Å². The zero-order valence-corrected chi connectivity index (χ0v) is 13.2. The average Bonchev–Trinajstić information content (AvgIpc) is 2.87. The second kappa shape index (κ2) is 7.84. The van der Waals surface area contributed by atoms with E-state index in [-0.39, 0.29) is 6.10 Å². The van der Waals surface area contributed by atoms with Crippen molar-refractivity contribution in [3.8, 4) is 0 Å². The molecule has 1 aromatic rings. The molecule has 0 aromatic carbocycles. The van der Waals surface area contributed by atoms with Crippen molar-refractivity contribution in [2.24, 2.45) is 0 Å². The smallest absolute Gasteiger partial charge is 0.240 e. The molecule has 2 heterocycles. The van der Waals surface area contributed by atoms with Crippen molar-refractivity contribution in [1.82, 2.24) is 19.9 Å². The monoisotopic (exact) mass is 298 g/mol. The lowest BCUT2D eigenvalue weighted by atomic mass is 10.1. The molecular weight excluding hydrogens is 272 g/mol. The Bertz CT molecular complexity index is 424. The Kier molecular flexibility index (Phi) is 6.10. The van der Waals surface area contributed by atoms with Crippen LogP contribution in [0.25, 0.3) is 0 Å². The van der Waals surface area contributed by atoms with Gasteiger partial charge < -0.3 is 14.4 Å². The van der Waals surface area contributed by atoms with E-state index in [0.29, 0.717) is 37.3 Å². The molecule has 0 radical (unpaired) electrons. The Morgan fingerprint density at radius 3 is 2.95 bits per heavy atom. The van der Waals surface area contributed by atoms with E-state index in [1.54, 1.807) is 7.11 Å². The highest BCUT2D eigenvalue weighted by Crippen LogP contribution is 2.13. The van der Waals surface area contributed by atoms with Crippen molar-refractivity contribution in [3.05, 3.63) is 11.7 Å². The average molecular weight is 298 g/mol. The van der Waals surface area contributed by atoms with Gasteiger partial charge in [-0.15, -0.1) is 0 Å². The molecule has 0 spiro atoms. The molecule has 120 valence electrons. The van der Waals surface area contributed by atoms with Crippen molar-refractivity contribution in [2.75, 3.05) is 39.9 Å². The molecule has 2 rings (SSSR count). The lowest BCUT2D eigenvalue weighted by Crippen LogP contribution is -2.53. The molecule has 2 atom stereocenters. The number of rotatable bonds is 7. The van der Waals surface area contributed by atoms with Crippen molar-refractivity contribution >= 4 is 0 Å². The molecule has 7 heteroatoms. The maximum atomic E-state index is 9.50. The van der Waals surface area contributed by atoms with E-state index in [2.05, 4.69) is 26.9 Å². The standard InChI is InChI=1S/C14H26N4O3/c1-11-8-17(5-6-18(11)9-12(2)19)10-14-15-13(16-21-14)4-7-20-3/h11-12,19H,4-10H2,1-3H3/t11-,12+/m1/s1. The first-order valence-electron chi connectivity index (χ1n) is 7.53. The van der Waals surface area contributed by atoms with Crippen molar-refractivity contribution in [3.63, 3.8) is 0 Å². The van der Waals surface area contributed by atoms with E-state index in [1.807, 2.05) is 6.92 Å². The Balaban J connectivity index is 1.80. The van der Waals surface area contributed by atoms with Crippen LogP contribution in [0.3, 0.4) is 0 Å². The first-order chi connectivity index (χ1) is 10.1. The number of hydrogen-bond donors (Lipinski definition) is 1. The van der Waals surface area contributed by atoms with E-state index in [4.69, 9.17) is 9.26 Å². The molecule has 1 aromatic heterocycles. The van der Waals surface area contributed by atoms with Crippen molar-refractivity contribution < 1.29 is 14.4 Å². The van der Waals surface area contributed by atoms with Gasteiger partial charge >= 0.3 is 0 Å². The van der Waals surface area contributed by atoms with Crippen LogP contribution in [0.4, 0.5) is 0 Å². The highest BCUT2D eigenvalue weighted by molar-refractivity contribution is 4.89. The number of aliphatic hydroxyl groups is 1. The van der Waals surface area contributed by atoms with Gasteiger partial charge in [-0.3, -0.25) is 9.80 Å². The summed E-state index contributed by atoms with van der Waals surface area (Å²) < 4.78 is 10.3. The number of aliphatic hydroxyl groups excluding tert-OH is 1. The lowest BCUT2D eigenvalue weighted by Gasteiger charge is -2.39. The number of aromatic nitrogens is 2. The molecule has 0 aliphatic carbocycles. The van der Waals surface area contributed by atoms with Gasteiger partial charge in [0.1, 0.15) is 0 Å². The molecular formula is C14H26N4O3. The molecule has 0 amide bonds. The number of nitrogens with zero attached hydrogens (tertiary/aromatic N) is 4. The SMILES string of the molecule is COCCc1noc(CN2CCN(C[C@H](C)O)[C@H](C)C2)n1. The molecule has 21 heavy (non-hydrogen) atoms. The van der Waals surface area contributed by atoms with Gasteiger partial charge in [0.05, 0.1) is 19.3 Å². The van der Waals surface area contributed by atoms with E-state index in [0.717, 1.165) is 26.2 Å². The lowest BCUT2D eigenvalue weighted by molar-refractivity contribution is 0.0385. The van der Waals surface area contributed by atoms with Crippen LogP contribution in [-0.2, 0) is 17.7 Å². The second-order valence-electron chi connectivity index (χ2n) is 5.78. The summed E-state index contributed by atoms with van der Waals surface area (Å²) in [5.74, 6) is 1.37. The highest BCUT2D eigenvalue weighted by atomic mass is 16.5. The minimum absolute atomic E-state index is 0.279. The molecule has 7 nitrogen and oxygen atoms in total. The second-order valence-corrected chi connectivity index (χ2v) is 5.78. The topological polar surface area (TPSA) is 74.9 Å². The maximum absolute atomic E-state index is 9.50. The van der Waals surface area contributed by atoms with E-state index in [9.17, 15) is 5.11 Å². The van der Waals surface area contributed by atoms with Crippen molar-refractivity contribution in [1.29, 1.82) is 0 Å². The third kappa shape index (κ3) is 5.03. The van der Waals surface area contributed by atoms with Crippen LogP contribution >= 0.6 is 0 Å². The summed E-state index contributed by atoms with van der Waals surface area (Å²) in [5, 5.41) is 13.5. The summed E-state index contributed by atoms with van der Waals surface area (Å²) >= 11 is 0. The summed E-state index contributed by atoms with van der Waals surface area (Å²) in [6.07, 6.45) is 0.400. The summed E-state index contributed by atoms with van der Waals surface area (Å²) in [6.45, 7) is 8.90. The van der Waals surface area contributed by atoms with Gasteiger partial charge in [0.15, 0.2) is 5.82 Å². The summed E-state index contributed by atoms with van der Waals surface area (Å²) in [5.41, 5.74) is 0. The highest BCUT2D eigenvalue weighted by Gasteiger charge is 2.25. The molecule has 0 bridgehead atoms. The number of hydrogen-bond acceptors (Lipinski definition) is 7. The summed E-state index contributed by atoms with van der Waals surface area (Å²) in [4.78, 5) is 9.02. The van der Waals surface area contributed by atoms with Gasteiger partial charge in [-0.25, -0.2) is 0 Å². The Morgan fingerprint density at radius 2 is 2.29 bits per heavy atom. The van der Waals surface area contributed by atoms with Gasteiger partial charge in [0.25, 0.3) is 0 Å². The van der Waals surface area contributed by atoms with Crippen LogP contribution in [-0.4, -0.2) is 77.1 Å². The fourth-order valence-corrected chi connectivity index (χ4v) is 2.67. The van der Waals surface area contributed by atoms with E-state index in [1.165, 1.54) is 0 Å². The van der Waals surface area contributed by atoms with Gasteiger partial charge in [-0.05, 0) is 13.8 Å². The molecule has 1 saturated heterocycles. The van der Waals surface area contributed by atoms with Crippen LogP contribution < -0.4 is 0 Å². The van der Waals surface area contributed by atoms with Crippen LogP contribution in [0, 0.1) is 0 Å². The minimum atomic E-state index is -0.279. The third-order valence-corrected chi connectivity index (χ3v) is 3.75. The number of ether oxygens (including phenoxy) is 1. The number of methoxy groups -OCH3 is 1. The zero-order valence-electron chi connectivity index (χ0n) is 13.2.